The second kappa shape index (κ2) is 6.69. The van der Waals surface area contributed by atoms with Crippen LogP contribution in [0.15, 0.2) is 12.1 Å². The summed E-state index contributed by atoms with van der Waals surface area (Å²) in [5, 5.41) is 3.09. The Morgan fingerprint density at radius 3 is 2.71 bits per heavy atom. The molecule has 1 aromatic rings. The number of aryl methyl sites for hydroxylation is 1. The number of anilines is 1. The summed E-state index contributed by atoms with van der Waals surface area (Å²) < 4.78 is 26.9. The molecule has 17 heavy (non-hydrogen) atoms. The van der Waals surface area contributed by atoms with Crippen molar-refractivity contribution in [3.63, 3.8) is 0 Å². The second-order valence-electron chi connectivity index (χ2n) is 3.75. The van der Waals surface area contributed by atoms with E-state index < -0.39 is 11.6 Å². The van der Waals surface area contributed by atoms with Crippen LogP contribution in [-0.4, -0.2) is 11.2 Å². The molecule has 0 bridgehead atoms. The summed E-state index contributed by atoms with van der Waals surface area (Å²) in [4.78, 5) is 11.4. The van der Waals surface area contributed by atoms with E-state index in [1.165, 1.54) is 13.0 Å². The number of hydrogen-bond donors (Lipinski definition) is 1. The molecule has 0 unspecified atom stereocenters. The normalized spacial score (nSPS) is 10.4. The molecule has 0 heterocycles. The number of hydrogen-bond acceptors (Lipinski definition) is 1. The van der Waals surface area contributed by atoms with Crippen LogP contribution in [0, 0.1) is 18.6 Å². The molecule has 0 aliphatic rings. The summed E-state index contributed by atoms with van der Waals surface area (Å²) in [6.07, 6.45) is 1.80. The maximum atomic E-state index is 13.5. The maximum Gasteiger partial charge on any atom is 0.224 e. The number of halogens is 3. The zero-order valence-corrected chi connectivity index (χ0v) is 11.1. The summed E-state index contributed by atoms with van der Waals surface area (Å²) in [7, 11) is 0. The molecule has 1 aromatic carbocycles. The Balaban J connectivity index is 2.68. The fourth-order valence-electron chi connectivity index (χ4n) is 1.35. The molecule has 94 valence electrons. The lowest BCUT2D eigenvalue weighted by Crippen LogP contribution is -2.14. The molecule has 1 rings (SSSR count). The van der Waals surface area contributed by atoms with E-state index in [-0.39, 0.29) is 18.0 Å². The number of benzene rings is 1. The highest BCUT2D eigenvalue weighted by molar-refractivity contribution is 9.09. The van der Waals surface area contributed by atoms with Crippen LogP contribution in [0.5, 0.6) is 0 Å². The van der Waals surface area contributed by atoms with Crippen LogP contribution in [0.4, 0.5) is 14.5 Å². The minimum Gasteiger partial charge on any atom is -0.321 e. The molecule has 1 amide bonds. The summed E-state index contributed by atoms with van der Waals surface area (Å²) in [6.45, 7) is 1.52. The highest BCUT2D eigenvalue weighted by Gasteiger charge is 2.13. The number of alkyl halides is 1. The van der Waals surface area contributed by atoms with Crippen molar-refractivity contribution in [2.24, 2.45) is 0 Å². The Hall–Kier alpha value is -0.970. The number of carbonyl (C=O) groups is 1. The molecule has 0 fully saturated rings. The Kier molecular flexibility index (Phi) is 5.55. The molecule has 0 atom stereocenters. The van der Waals surface area contributed by atoms with Gasteiger partial charge in [-0.2, -0.15) is 0 Å². The predicted molar refractivity (Wildman–Crippen MR) is 67.4 cm³/mol. The molecule has 0 saturated carbocycles. The van der Waals surface area contributed by atoms with Crippen molar-refractivity contribution in [3.8, 4) is 0 Å². The molecular weight excluding hydrogens is 292 g/mol. The minimum absolute atomic E-state index is 0.262. The van der Waals surface area contributed by atoms with Crippen LogP contribution in [0.1, 0.15) is 24.8 Å². The topological polar surface area (TPSA) is 29.1 Å². The first-order chi connectivity index (χ1) is 8.06. The largest absolute Gasteiger partial charge is 0.321 e. The van der Waals surface area contributed by atoms with E-state index in [0.717, 1.165) is 17.8 Å². The Labute approximate surface area is 108 Å². The van der Waals surface area contributed by atoms with Crippen LogP contribution in [0.25, 0.3) is 0 Å². The molecule has 0 radical (unpaired) electrons. The van der Waals surface area contributed by atoms with Crippen LogP contribution in [0.3, 0.4) is 0 Å². The molecule has 0 aliphatic carbocycles. The van der Waals surface area contributed by atoms with Crippen molar-refractivity contribution >= 4 is 27.5 Å². The monoisotopic (exact) mass is 305 g/mol. The SMILES string of the molecule is Cc1ccc(F)c(NC(=O)CCCCBr)c1F. The summed E-state index contributed by atoms with van der Waals surface area (Å²) in [6, 6.07) is 2.48. The molecule has 2 nitrogen and oxygen atoms in total. The van der Waals surface area contributed by atoms with E-state index >= 15 is 0 Å². The highest BCUT2D eigenvalue weighted by atomic mass is 79.9. The summed E-state index contributed by atoms with van der Waals surface area (Å²) in [5.74, 6) is -1.82. The minimum atomic E-state index is -0.748. The first-order valence-electron chi connectivity index (χ1n) is 5.36. The van der Waals surface area contributed by atoms with E-state index in [2.05, 4.69) is 21.2 Å². The van der Waals surface area contributed by atoms with Gasteiger partial charge in [0.1, 0.15) is 11.5 Å². The molecule has 0 aromatic heterocycles. The molecule has 0 spiro atoms. The fraction of sp³-hybridized carbons (Fsp3) is 0.417. The van der Waals surface area contributed by atoms with Crippen LogP contribution in [-0.2, 0) is 4.79 Å². The molecule has 0 aliphatic heterocycles. The van der Waals surface area contributed by atoms with Crippen molar-refractivity contribution in [3.05, 3.63) is 29.3 Å². The number of nitrogens with one attached hydrogen (secondary N) is 1. The third-order valence-corrected chi connectivity index (χ3v) is 2.90. The summed E-state index contributed by atoms with van der Waals surface area (Å²) in [5.41, 5.74) is -0.0454. The third-order valence-electron chi connectivity index (χ3n) is 2.34. The van der Waals surface area contributed by atoms with Crippen molar-refractivity contribution in [1.82, 2.24) is 0 Å². The van der Waals surface area contributed by atoms with Gasteiger partial charge in [0.05, 0.1) is 0 Å². The molecule has 1 N–H and O–H groups in total. The average molecular weight is 306 g/mol. The van der Waals surface area contributed by atoms with E-state index in [9.17, 15) is 13.6 Å². The van der Waals surface area contributed by atoms with Crippen molar-refractivity contribution in [1.29, 1.82) is 0 Å². The van der Waals surface area contributed by atoms with Gasteiger partial charge in [0.25, 0.3) is 0 Å². The van der Waals surface area contributed by atoms with Gasteiger partial charge >= 0.3 is 0 Å². The third kappa shape index (κ3) is 4.07. The fourth-order valence-corrected chi connectivity index (χ4v) is 1.75. The Morgan fingerprint density at radius 2 is 2.06 bits per heavy atom. The van der Waals surface area contributed by atoms with Crippen LogP contribution in [0.2, 0.25) is 0 Å². The second-order valence-corrected chi connectivity index (χ2v) is 4.54. The highest BCUT2D eigenvalue weighted by Crippen LogP contribution is 2.21. The van der Waals surface area contributed by atoms with Crippen molar-refractivity contribution in [2.75, 3.05) is 10.6 Å². The Morgan fingerprint density at radius 1 is 1.35 bits per heavy atom. The number of unbranched alkanes of at least 4 members (excludes halogenated alkanes) is 1. The van der Waals surface area contributed by atoms with Gasteiger partial charge in [0.2, 0.25) is 5.91 Å². The quantitative estimate of drug-likeness (QED) is 0.651. The number of carbonyl (C=O) groups excluding carboxylic acids is 1. The molecular formula is C12H14BrF2NO. The lowest BCUT2D eigenvalue weighted by atomic mass is 10.2. The lowest BCUT2D eigenvalue weighted by Gasteiger charge is -2.08. The van der Waals surface area contributed by atoms with Gasteiger partial charge in [-0.1, -0.05) is 22.0 Å². The van der Waals surface area contributed by atoms with Gasteiger partial charge in [-0.05, 0) is 31.4 Å². The van der Waals surface area contributed by atoms with E-state index in [1.54, 1.807) is 0 Å². The average Bonchev–Trinajstić information content (AvgIpc) is 2.30. The van der Waals surface area contributed by atoms with E-state index in [4.69, 9.17) is 0 Å². The first kappa shape index (κ1) is 14.1. The maximum absolute atomic E-state index is 13.5. The van der Waals surface area contributed by atoms with Gasteiger partial charge < -0.3 is 5.32 Å². The molecule has 5 heteroatoms. The van der Waals surface area contributed by atoms with E-state index in [1.807, 2.05) is 0 Å². The zero-order valence-electron chi connectivity index (χ0n) is 9.53. The lowest BCUT2D eigenvalue weighted by molar-refractivity contribution is -0.116. The van der Waals surface area contributed by atoms with Crippen LogP contribution < -0.4 is 5.32 Å². The van der Waals surface area contributed by atoms with Gasteiger partial charge in [-0.3, -0.25) is 4.79 Å². The van der Waals surface area contributed by atoms with Crippen molar-refractivity contribution < 1.29 is 13.6 Å². The zero-order chi connectivity index (χ0) is 12.8. The van der Waals surface area contributed by atoms with Gasteiger partial charge in [0.15, 0.2) is 5.82 Å². The number of amides is 1. The first-order valence-corrected chi connectivity index (χ1v) is 6.49. The van der Waals surface area contributed by atoms with E-state index in [0.29, 0.717) is 12.0 Å². The molecule has 0 saturated heterocycles. The Bertz CT molecular complexity index is 410. The van der Waals surface area contributed by atoms with Gasteiger partial charge in [-0.25, -0.2) is 8.78 Å². The van der Waals surface area contributed by atoms with Gasteiger partial charge in [-0.15, -0.1) is 0 Å². The summed E-state index contributed by atoms with van der Waals surface area (Å²) >= 11 is 3.25. The van der Waals surface area contributed by atoms with Crippen molar-refractivity contribution in [2.45, 2.75) is 26.2 Å². The smallest absolute Gasteiger partial charge is 0.224 e. The number of rotatable bonds is 5. The standard InChI is InChI=1S/C12H14BrF2NO/c1-8-5-6-9(14)12(11(8)15)16-10(17)4-2-3-7-13/h5-6H,2-4,7H2,1H3,(H,16,17). The predicted octanol–water partition coefficient (Wildman–Crippen LogP) is 3.78. The van der Waals surface area contributed by atoms with Crippen LogP contribution >= 0.6 is 15.9 Å². The van der Waals surface area contributed by atoms with Gasteiger partial charge in [0, 0.05) is 11.8 Å².